The van der Waals surface area contributed by atoms with Gasteiger partial charge in [0.15, 0.2) is 0 Å². The van der Waals surface area contributed by atoms with Gasteiger partial charge in [0.25, 0.3) is 0 Å². The van der Waals surface area contributed by atoms with Gasteiger partial charge in [0, 0.05) is 0 Å². The van der Waals surface area contributed by atoms with Gasteiger partial charge >= 0.3 is 0 Å². The van der Waals surface area contributed by atoms with E-state index in [4.69, 9.17) is 0 Å². The first-order chi connectivity index (χ1) is 7.98. The van der Waals surface area contributed by atoms with E-state index in [2.05, 4.69) is 33.0 Å². The van der Waals surface area contributed by atoms with Crippen LogP contribution in [0, 0.1) is 22.7 Å². The summed E-state index contributed by atoms with van der Waals surface area (Å²) in [6.45, 7) is 12.4. The van der Waals surface area contributed by atoms with Gasteiger partial charge in [0.2, 0.25) is 0 Å². The third-order valence-electron chi connectivity index (χ3n) is 5.70. The van der Waals surface area contributed by atoms with Gasteiger partial charge in [-0.3, -0.25) is 0 Å². The molecule has 0 aromatic carbocycles. The lowest BCUT2D eigenvalue weighted by Crippen LogP contribution is -2.54. The highest BCUT2D eigenvalue weighted by Gasteiger charge is 2.51. The van der Waals surface area contributed by atoms with Crippen molar-refractivity contribution in [1.82, 2.24) is 5.32 Å². The normalized spacial score (nSPS) is 37.6. The first kappa shape index (κ1) is 13.4. The summed E-state index contributed by atoms with van der Waals surface area (Å²) in [6, 6.07) is 0. The second-order valence-electron chi connectivity index (χ2n) is 7.53. The van der Waals surface area contributed by atoms with E-state index < -0.39 is 0 Å². The van der Waals surface area contributed by atoms with E-state index in [1.54, 1.807) is 0 Å². The van der Waals surface area contributed by atoms with Crippen LogP contribution in [-0.2, 0) is 0 Å². The van der Waals surface area contributed by atoms with Crippen LogP contribution >= 0.6 is 0 Å². The second-order valence-corrected chi connectivity index (χ2v) is 7.53. The lowest BCUT2D eigenvalue weighted by molar-refractivity contribution is -0.0676. The molecular formula is C16H31N. The van der Waals surface area contributed by atoms with Gasteiger partial charge in [-0.1, -0.05) is 40.5 Å². The number of rotatable bonds is 2. The first-order valence-electron chi connectivity index (χ1n) is 7.69. The zero-order valence-electron chi connectivity index (χ0n) is 12.3. The van der Waals surface area contributed by atoms with E-state index in [-0.39, 0.29) is 0 Å². The van der Waals surface area contributed by atoms with Crippen molar-refractivity contribution in [3.8, 4) is 0 Å². The first-order valence-corrected chi connectivity index (χ1v) is 7.69. The molecule has 100 valence electrons. The third kappa shape index (κ3) is 2.41. The summed E-state index contributed by atoms with van der Waals surface area (Å²) in [5.41, 5.74) is 1.20. The zero-order valence-corrected chi connectivity index (χ0v) is 12.3. The Bertz CT molecular complexity index is 250. The van der Waals surface area contributed by atoms with E-state index in [0.29, 0.717) is 10.8 Å². The van der Waals surface area contributed by atoms with Crippen molar-refractivity contribution in [3.05, 3.63) is 0 Å². The molecule has 1 heterocycles. The molecule has 0 radical (unpaired) electrons. The molecule has 2 aliphatic rings. The molecule has 2 unspecified atom stereocenters. The molecule has 0 amide bonds. The molecule has 1 aliphatic carbocycles. The Balaban J connectivity index is 2.22. The molecule has 1 N–H and O–H groups in total. The molecule has 1 heteroatoms. The Kier molecular flexibility index (Phi) is 3.87. The van der Waals surface area contributed by atoms with Gasteiger partial charge in [0.05, 0.1) is 0 Å². The van der Waals surface area contributed by atoms with Crippen LogP contribution in [0.1, 0.15) is 66.2 Å². The average molecular weight is 237 g/mol. The van der Waals surface area contributed by atoms with Gasteiger partial charge in [0.1, 0.15) is 0 Å². The zero-order chi connectivity index (χ0) is 12.5. The smallest absolute Gasteiger partial charge is 0.00149 e. The summed E-state index contributed by atoms with van der Waals surface area (Å²) in [6.07, 6.45) is 8.68. The van der Waals surface area contributed by atoms with Crippen LogP contribution in [-0.4, -0.2) is 13.1 Å². The minimum Gasteiger partial charge on any atom is -0.316 e. The lowest BCUT2D eigenvalue weighted by Gasteiger charge is -2.57. The molecule has 2 rings (SSSR count). The number of hydrogen-bond acceptors (Lipinski definition) is 1. The Morgan fingerprint density at radius 1 is 1.12 bits per heavy atom. The van der Waals surface area contributed by atoms with Crippen molar-refractivity contribution in [2.75, 3.05) is 13.1 Å². The highest BCUT2D eigenvalue weighted by molar-refractivity contribution is 5.02. The number of piperidine rings is 1. The molecule has 0 aromatic heterocycles. The molecule has 0 aromatic rings. The molecule has 1 spiro atoms. The van der Waals surface area contributed by atoms with E-state index in [0.717, 1.165) is 11.8 Å². The van der Waals surface area contributed by atoms with Crippen LogP contribution in [0.25, 0.3) is 0 Å². The molecule has 2 atom stereocenters. The summed E-state index contributed by atoms with van der Waals surface area (Å²) in [4.78, 5) is 0. The predicted octanol–water partition coefficient (Wildman–Crippen LogP) is 4.23. The number of hydrogen-bond donors (Lipinski definition) is 1. The van der Waals surface area contributed by atoms with Crippen molar-refractivity contribution in [2.45, 2.75) is 66.2 Å². The van der Waals surface area contributed by atoms with Crippen molar-refractivity contribution < 1.29 is 0 Å². The fourth-order valence-corrected chi connectivity index (χ4v) is 4.68. The van der Waals surface area contributed by atoms with Crippen molar-refractivity contribution >= 4 is 0 Å². The predicted molar refractivity (Wildman–Crippen MR) is 75.1 cm³/mol. The molecule has 1 saturated carbocycles. The fourth-order valence-electron chi connectivity index (χ4n) is 4.68. The van der Waals surface area contributed by atoms with Crippen LogP contribution in [0.2, 0.25) is 0 Å². The van der Waals surface area contributed by atoms with Crippen LogP contribution < -0.4 is 5.32 Å². The minimum atomic E-state index is 0.562. The molecular weight excluding hydrogens is 206 g/mol. The lowest BCUT2D eigenvalue weighted by atomic mass is 9.49. The standard InChI is InChI=1S/C16H31N/c1-13(2)11-14-12-17-10-9-16(14)8-6-5-7-15(16,3)4/h13-14,17H,5-12H2,1-4H3. The van der Waals surface area contributed by atoms with Crippen molar-refractivity contribution in [3.63, 3.8) is 0 Å². The van der Waals surface area contributed by atoms with Gasteiger partial charge < -0.3 is 5.32 Å². The van der Waals surface area contributed by atoms with Crippen molar-refractivity contribution in [2.24, 2.45) is 22.7 Å². The summed E-state index contributed by atoms with van der Waals surface area (Å²) in [5.74, 6) is 1.75. The average Bonchev–Trinajstić information content (AvgIpc) is 2.24. The molecule has 1 nitrogen and oxygen atoms in total. The quantitative estimate of drug-likeness (QED) is 0.758. The maximum atomic E-state index is 3.65. The molecule has 2 fully saturated rings. The molecule has 0 bridgehead atoms. The Morgan fingerprint density at radius 3 is 2.47 bits per heavy atom. The minimum absolute atomic E-state index is 0.562. The molecule has 1 saturated heterocycles. The van der Waals surface area contributed by atoms with Crippen LogP contribution in [0.4, 0.5) is 0 Å². The maximum Gasteiger partial charge on any atom is -0.00149 e. The Morgan fingerprint density at radius 2 is 1.82 bits per heavy atom. The molecule has 1 aliphatic heterocycles. The Labute approximate surface area is 108 Å². The monoisotopic (exact) mass is 237 g/mol. The van der Waals surface area contributed by atoms with Crippen LogP contribution in [0.3, 0.4) is 0 Å². The highest BCUT2D eigenvalue weighted by atomic mass is 14.9. The van der Waals surface area contributed by atoms with Gasteiger partial charge in [-0.05, 0) is 61.4 Å². The van der Waals surface area contributed by atoms with E-state index in [1.807, 2.05) is 0 Å². The van der Waals surface area contributed by atoms with Crippen LogP contribution in [0.15, 0.2) is 0 Å². The van der Waals surface area contributed by atoms with E-state index in [9.17, 15) is 0 Å². The molecule has 17 heavy (non-hydrogen) atoms. The fraction of sp³-hybridized carbons (Fsp3) is 1.00. The van der Waals surface area contributed by atoms with Gasteiger partial charge in [-0.2, -0.15) is 0 Å². The summed E-state index contributed by atoms with van der Waals surface area (Å²) in [5, 5.41) is 3.65. The maximum absolute atomic E-state index is 3.65. The third-order valence-corrected chi connectivity index (χ3v) is 5.70. The topological polar surface area (TPSA) is 12.0 Å². The van der Waals surface area contributed by atoms with Gasteiger partial charge in [-0.15, -0.1) is 0 Å². The summed E-state index contributed by atoms with van der Waals surface area (Å²) in [7, 11) is 0. The SMILES string of the molecule is CC(C)CC1CNCCC12CCCCC2(C)C. The summed E-state index contributed by atoms with van der Waals surface area (Å²) >= 11 is 0. The Hall–Kier alpha value is -0.0400. The van der Waals surface area contributed by atoms with Gasteiger partial charge in [-0.25, -0.2) is 0 Å². The van der Waals surface area contributed by atoms with Crippen LogP contribution in [0.5, 0.6) is 0 Å². The van der Waals surface area contributed by atoms with Crippen molar-refractivity contribution in [1.29, 1.82) is 0 Å². The largest absolute Gasteiger partial charge is 0.316 e. The van der Waals surface area contributed by atoms with E-state index >= 15 is 0 Å². The number of nitrogens with one attached hydrogen (secondary N) is 1. The van der Waals surface area contributed by atoms with E-state index in [1.165, 1.54) is 51.6 Å². The highest BCUT2D eigenvalue weighted by Crippen LogP contribution is 2.58. The summed E-state index contributed by atoms with van der Waals surface area (Å²) < 4.78 is 0. The second kappa shape index (κ2) is 4.91.